The lowest BCUT2D eigenvalue weighted by molar-refractivity contribution is -0.133. The van der Waals surface area contributed by atoms with E-state index in [1.165, 1.54) is 30.3 Å². The summed E-state index contributed by atoms with van der Waals surface area (Å²) in [7, 11) is 6.51. The Kier molecular flexibility index (Phi) is 12.2. The highest BCUT2D eigenvalue weighted by Crippen LogP contribution is 2.35. The first-order chi connectivity index (χ1) is 23.2. The van der Waals surface area contributed by atoms with Crippen molar-refractivity contribution in [3.05, 3.63) is 93.1 Å². The molecule has 0 aliphatic carbocycles. The third kappa shape index (κ3) is 8.85. The third-order valence-electron chi connectivity index (χ3n) is 7.62. The molecule has 1 aromatic heterocycles. The van der Waals surface area contributed by atoms with Gasteiger partial charge in [0.1, 0.15) is 23.0 Å². The number of carboxylic acid groups (broad SMARTS) is 1. The third-order valence-corrected chi connectivity index (χ3v) is 8.18. The Morgan fingerprint density at radius 3 is 2.45 bits per heavy atom. The molecule has 260 valence electrons. The number of methoxy groups -OCH3 is 2. The van der Waals surface area contributed by atoms with Gasteiger partial charge in [-0.2, -0.15) is 4.98 Å². The van der Waals surface area contributed by atoms with E-state index >= 15 is 4.39 Å². The number of aliphatic carboxylic acids is 1. The van der Waals surface area contributed by atoms with Gasteiger partial charge in [-0.25, -0.2) is 19.2 Å². The molecule has 0 radical (unpaired) electrons. The molecule has 0 spiro atoms. The molecular weight excluding hydrogens is 676 g/mol. The van der Waals surface area contributed by atoms with Crippen LogP contribution in [0.1, 0.15) is 37.4 Å². The van der Waals surface area contributed by atoms with Gasteiger partial charge in [-0.15, -0.1) is 0 Å². The smallest absolute Gasteiger partial charge is 0.352 e. The molecule has 4 rings (SSSR count). The van der Waals surface area contributed by atoms with Gasteiger partial charge in [0.05, 0.1) is 49.8 Å². The van der Waals surface area contributed by atoms with Crippen molar-refractivity contribution in [2.75, 3.05) is 33.2 Å². The number of halogens is 3. The first kappa shape index (κ1) is 37.1. The van der Waals surface area contributed by atoms with Crippen molar-refractivity contribution in [2.45, 2.75) is 38.9 Å². The number of ether oxygens (including phenoxy) is 2. The molecule has 1 aliphatic heterocycles. The highest BCUT2D eigenvalue weighted by Gasteiger charge is 2.36. The van der Waals surface area contributed by atoms with Gasteiger partial charge in [0, 0.05) is 37.3 Å². The van der Waals surface area contributed by atoms with Gasteiger partial charge in [0.15, 0.2) is 0 Å². The number of hydrogen-bond donors (Lipinski definition) is 3. The van der Waals surface area contributed by atoms with Crippen molar-refractivity contribution in [3.8, 4) is 11.6 Å². The predicted molar refractivity (Wildman–Crippen MR) is 187 cm³/mol. The molecule has 2 unspecified atom stereocenters. The van der Waals surface area contributed by atoms with Crippen LogP contribution in [0, 0.1) is 11.7 Å². The van der Waals surface area contributed by atoms with Crippen LogP contribution in [0.25, 0.3) is 0 Å². The van der Waals surface area contributed by atoms with Gasteiger partial charge in [0.2, 0.25) is 17.7 Å². The van der Waals surface area contributed by atoms with Crippen molar-refractivity contribution in [1.29, 1.82) is 0 Å². The molecule has 2 atom stereocenters. The van der Waals surface area contributed by atoms with E-state index in [2.05, 4.69) is 15.3 Å². The summed E-state index contributed by atoms with van der Waals surface area (Å²) in [6, 6.07) is 9.06. The number of hydrogen-bond acceptors (Lipinski definition) is 10. The average molecular weight is 715 g/mol. The number of rotatable bonds is 13. The molecular formula is C34H38Cl2FN7O5. The highest BCUT2D eigenvalue weighted by atomic mass is 35.5. The van der Waals surface area contributed by atoms with Gasteiger partial charge in [-0.3, -0.25) is 10.1 Å². The number of nitrogens with zero attached hydrogens (tertiary/aromatic N) is 5. The van der Waals surface area contributed by atoms with E-state index in [0.29, 0.717) is 16.7 Å². The Hall–Kier alpha value is -4.72. The number of carbonyl (C=O) groups excluding carboxylic acids is 1. The minimum atomic E-state index is -1.45. The molecule has 15 heteroatoms. The fraction of sp³-hybridized carbons (Fsp3) is 0.324. The Morgan fingerprint density at radius 2 is 1.88 bits per heavy atom. The first-order valence-corrected chi connectivity index (χ1v) is 15.9. The molecule has 12 nitrogen and oxygen atoms in total. The van der Waals surface area contributed by atoms with Gasteiger partial charge in [0.25, 0.3) is 0 Å². The number of aromatic nitrogens is 2. The van der Waals surface area contributed by atoms with Crippen LogP contribution in [0.2, 0.25) is 5.02 Å². The molecule has 49 heavy (non-hydrogen) atoms. The van der Waals surface area contributed by atoms with E-state index in [0.717, 1.165) is 11.6 Å². The van der Waals surface area contributed by atoms with Crippen molar-refractivity contribution in [3.63, 3.8) is 0 Å². The highest BCUT2D eigenvalue weighted by molar-refractivity contribution is 6.30. The minimum absolute atomic E-state index is 0.0110. The monoisotopic (exact) mass is 713 g/mol. The first-order valence-electron chi connectivity index (χ1n) is 15.1. The molecule has 3 aromatic rings. The van der Waals surface area contributed by atoms with E-state index in [1.807, 2.05) is 12.1 Å². The zero-order chi connectivity index (χ0) is 36.0. The number of aliphatic imine (C=N–C) groups is 1. The van der Waals surface area contributed by atoms with Crippen LogP contribution in [-0.2, 0) is 16.1 Å². The minimum Gasteiger partial charge on any atom is -0.497 e. The lowest BCUT2D eigenvalue weighted by Crippen LogP contribution is -2.49. The number of amides is 1. The summed E-state index contributed by atoms with van der Waals surface area (Å²) >= 11 is 12.6. The van der Waals surface area contributed by atoms with Crippen molar-refractivity contribution in [2.24, 2.45) is 16.6 Å². The average Bonchev–Trinajstić information content (AvgIpc) is 3.07. The Balaban J connectivity index is 1.86. The maximum absolute atomic E-state index is 15.0. The number of benzene rings is 2. The molecule has 4 N–H and O–H groups in total. The molecule has 1 aliphatic rings. The Morgan fingerprint density at radius 1 is 1.18 bits per heavy atom. The largest absolute Gasteiger partial charge is 0.497 e. The molecule has 2 heterocycles. The van der Waals surface area contributed by atoms with E-state index in [4.69, 9.17) is 43.4 Å². The van der Waals surface area contributed by atoms with Crippen LogP contribution in [0.5, 0.6) is 11.6 Å². The number of carbonyl (C=O) groups is 2. The van der Waals surface area contributed by atoms with Crippen LogP contribution in [0.4, 0.5) is 16.0 Å². The van der Waals surface area contributed by atoms with Crippen LogP contribution >= 0.6 is 23.2 Å². The topological polar surface area (TPSA) is 155 Å². The lowest BCUT2D eigenvalue weighted by Gasteiger charge is -2.34. The lowest BCUT2D eigenvalue weighted by atomic mass is 9.87. The SMILES string of the molecule is COc1ccc(CN2C=C(Cl)CC(NC(C(C(=Nc3cnc(N(C)C)nc3OC)C(C)C)=C(N)C(=O)O)c3ccc(Cl)c(F)c3)C2=O)cc1. The fourth-order valence-corrected chi connectivity index (χ4v) is 5.56. The van der Waals surface area contributed by atoms with E-state index in [9.17, 15) is 14.7 Å². The number of nitrogens with one attached hydrogen (secondary N) is 1. The van der Waals surface area contributed by atoms with Gasteiger partial charge in [-0.1, -0.05) is 55.2 Å². The summed E-state index contributed by atoms with van der Waals surface area (Å²) in [5, 5.41) is 13.7. The summed E-state index contributed by atoms with van der Waals surface area (Å²) in [5.74, 6) is -1.87. The molecule has 0 bridgehead atoms. The van der Waals surface area contributed by atoms with Crippen LogP contribution < -0.4 is 25.4 Å². The van der Waals surface area contributed by atoms with E-state index in [1.54, 1.807) is 58.3 Å². The second-order valence-electron chi connectivity index (χ2n) is 11.7. The summed E-state index contributed by atoms with van der Waals surface area (Å²) in [6.07, 6.45) is 3.05. The predicted octanol–water partition coefficient (Wildman–Crippen LogP) is 5.59. The second kappa shape index (κ2) is 16.1. The van der Waals surface area contributed by atoms with Crippen molar-refractivity contribution < 1.29 is 28.6 Å². The van der Waals surface area contributed by atoms with E-state index in [-0.39, 0.29) is 52.3 Å². The molecule has 2 aromatic carbocycles. The number of carboxylic acids is 1. The normalized spacial score (nSPS) is 16.2. The molecule has 0 saturated carbocycles. The zero-order valence-corrected chi connectivity index (χ0v) is 29.4. The van der Waals surface area contributed by atoms with E-state index < -0.39 is 35.5 Å². The number of nitrogens with two attached hydrogens (primary N) is 1. The Bertz CT molecular complexity index is 1800. The maximum Gasteiger partial charge on any atom is 0.352 e. The maximum atomic E-state index is 15.0. The van der Waals surface area contributed by atoms with Crippen molar-refractivity contribution in [1.82, 2.24) is 20.2 Å². The van der Waals surface area contributed by atoms with Gasteiger partial charge >= 0.3 is 5.97 Å². The summed E-state index contributed by atoms with van der Waals surface area (Å²) in [4.78, 5) is 43.2. The van der Waals surface area contributed by atoms with Crippen LogP contribution in [0.15, 0.2) is 76.2 Å². The molecule has 1 amide bonds. The number of anilines is 1. The summed E-state index contributed by atoms with van der Waals surface area (Å²) < 4.78 is 25.8. The Labute approximate surface area is 294 Å². The molecule has 0 fully saturated rings. The van der Waals surface area contributed by atoms with Crippen LogP contribution in [0.3, 0.4) is 0 Å². The fourth-order valence-electron chi connectivity index (χ4n) is 5.17. The molecule has 0 saturated heterocycles. The summed E-state index contributed by atoms with van der Waals surface area (Å²) in [5.41, 5.74) is 7.20. The van der Waals surface area contributed by atoms with Gasteiger partial charge < -0.3 is 30.1 Å². The van der Waals surface area contributed by atoms with Gasteiger partial charge in [-0.05, 0) is 41.3 Å². The quantitative estimate of drug-likeness (QED) is 0.151. The zero-order valence-electron chi connectivity index (χ0n) is 27.9. The van der Waals surface area contributed by atoms with Crippen LogP contribution in [-0.4, -0.2) is 71.9 Å². The second-order valence-corrected chi connectivity index (χ2v) is 12.6. The van der Waals surface area contributed by atoms with Crippen molar-refractivity contribution >= 4 is 52.4 Å². The summed E-state index contributed by atoms with van der Waals surface area (Å²) in [6.45, 7) is 3.77. The standard InChI is InChI=1S/C34H38Cl2FN7O5/c1-18(2)29(41-26-15-39-34(43(3)4)42-31(26)49-6)27(28(38)33(46)47)30(20-9-12-23(36)24(37)13-20)40-25-14-21(35)17-44(32(25)45)16-19-7-10-22(48-5)11-8-19/h7-13,15,17-18,25,30,40H,14,16,38H2,1-6H3,(H,46,47).